The van der Waals surface area contributed by atoms with Crippen LogP contribution in [0.2, 0.25) is 0 Å². The molecule has 0 aliphatic rings. The van der Waals surface area contributed by atoms with Crippen molar-refractivity contribution in [3.8, 4) is 33.4 Å². The summed E-state index contributed by atoms with van der Waals surface area (Å²) in [5, 5.41) is 4.73. The summed E-state index contributed by atoms with van der Waals surface area (Å²) in [5.74, 6) is 0. The molecule has 0 amide bonds. The van der Waals surface area contributed by atoms with Crippen LogP contribution >= 0.6 is 0 Å². The van der Waals surface area contributed by atoms with Crippen LogP contribution in [-0.4, -0.2) is 0 Å². The number of hydrogen-bond donors (Lipinski definition) is 0. The van der Waals surface area contributed by atoms with Gasteiger partial charge in [0.05, 0.1) is 0 Å². The second kappa shape index (κ2) is 11.8. The predicted octanol–water partition coefficient (Wildman–Crippen LogP) is 13.2. The molecule has 0 fully saturated rings. The van der Waals surface area contributed by atoms with Gasteiger partial charge in [-0.15, -0.1) is 0 Å². The minimum absolute atomic E-state index is 0.873. The molecule has 0 spiro atoms. The van der Waals surface area contributed by atoms with Crippen molar-refractivity contribution in [1.82, 2.24) is 0 Å². The quantitative estimate of drug-likeness (QED) is 0.185. The van der Waals surface area contributed by atoms with Crippen LogP contribution in [-0.2, 0) is 0 Å². The SMILES string of the molecule is c1ccc(-c2cccc(-c3ccc(N(c4cccc(-c5cccc6ccccc56)c4)c4ccc5c(c4)oc4ccccc45)cc3)c2)cc1. The summed E-state index contributed by atoms with van der Waals surface area (Å²) in [6, 6.07) is 66.9. The van der Waals surface area contributed by atoms with Gasteiger partial charge in [-0.25, -0.2) is 0 Å². The number of hydrogen-bond acceptors (Lipinski definition) is 2. The lowest BCUT2D eigenvalue weighted by molar-refractivity contribution is 0.669. The summed E-state index contributed by atoms with van der Waals surface area (Å²) >= 11 is 0. The molecule has 2 nitrogen and oxygen atoms in total. The number of anilines is 3. The minimum Gasteiger partial charge on any atom is -0.456 e. The lowest BCUT2D eigenvalue weighted by Crippen LogP contribution is -2.10. The zero-order chi connectivity index (χ0) is 31.9. The number of para-hydroxylation sites is 1. The number of benzene rings is 8. The van der Waals surface area contributed by atoms with Gasteiger partial charge in [-0.2, -0.15) is 0 Å². The Kier molecular flexibility index (Phi) is 6.84. The van der Waals surface area contributed by atoms with Crippen molar-refractivity contribution in [2.75, 3.05) is 4.90 Å². The summed E-state index contributed by atoms with van der Waals surface area (Å²) in [7, 11) is 0. The van der Waals surface area contributed by atoms with E-state index in [4.69, 9.17) is 4.42 Å². The van der Waals surface area contributed by atoms with Crippen LogP contribution in [0.25, 0.3) is 66.1 Å². The number of furan rings is 1. The van der Waals surface area contributed by atoms with E-state index in [0.29, 0.717) is 0 Å². The van der Waals surface area contributed by atoms with Crippen LogP contribution < -0.4 is 4.90 Å². The highest BCUT2D eigenvalue weighted by atomic mass is 16.3. The Bertz CT molecular complexity index is 2560. The average molecular weight is 614 g/mol. The molecular formula is C46H31NO. The zero-order valence-electron chi connectivity index (χ0n) is 26.3. The first-order valence-electron chi connectivity index (χ1n) is 16.3. The maximum Gasteiger partial charge on any atom is 0.137 e. The summed E-state index contributed by atoms with van der Waals surface area (Å²) < 4.78 is 6.35. The first-order valence-corrected chi connectivity index (χ1v) is 16.3. The first kappa shape index (κ1) is 27.9. The largest absolute Gasteiger partial charge is 0.456 e. The van der Waals surface area contributed by atoms with E-state index in [1.807, 2.05) is 12.1 Å². The lowest BCUT2D eigenvalue weighted by Gasteiger charge is -2.26. The van der Waals surface area contributed by atoms with E-state index in [1.165, 1.54) is 44.2 Å². The van der Waals surface area contributed by atoms with E-state index in [9.17, 15) is 0 Å². The maximum absolute atomic E-state index is 6.35. The van der Waals surface area contributed by atoms with Crippen molar-refractivity contribution in [2.45, 2.75) is 0 Å². The zero-order valence-corrected chi connectivity index (χ0v) is 26.3. The van der Waals surface area contributed by atoms with Gasteiger partial charge in [-0.3, -0.25) is 0 Å². The molecule has 1 heterocycles. The fraction of sp³-hybridized carbons (Fsp3) is 0. The monoisotopic (exact) mass is 613 g/mol. The van der Waals surface area contributed by atoms with Gasteiger partial charge >= 0.3 is 0 Å². The second-order valence-corrected chi connectivity index (χ2v) is 12.2. The smallest absolute Gasteiger partial charge is 0.137 e. The molecule has 226 valence electrons. The van der Waals surface area contributed by atoms with E-state index >= 15 is 0 Å². The van der Waals surface area contributed by atoms with E-state index in [2.05, 4.69) is 181 Å². The highest BCUT2D eigenvalue weighted by molar-refractivity contribution is 6.06. The van der Waals surface area contributed by atoms with Crippen LogP contribution in [0, 0.1) is 0 Å². The van der Waals surface area contributed by atoms with E-state index in [1.54, 1.807) is 0 Å². The number of rotatable bonds is 6. The molecule has 9 rings (SSSR count). The normalized spacial score (nSPS) is 11.3. The molecule has 0 N–H and O–H groups in total. The number of fused-ring (bicyclic) bond motifs is 4. The van der Waals surface area contributed by atoms with Gasteiger partial charge in [0.15, 0.2) is 0 Å². The molecule has 2 heteroatoms. The van der Waals surface area contributed by atoms with Crippen molar-refractivity contribution < 1.29 is 4.42 Å². The summed E-state index contributed by atoms with van der Waals surface area (Å²) in [4.78, 5) is 2.32. The molecule has 0 radical (unpaired) electrons. The summed E-state index contributed by atoms with van der Waals surface area (Å²) in [6.07, 6.45) is 0. The number of nitrogens with zero attached hydrogens (tertiary/aromatic N) is 1. The molecule has 8 aromatic carbocycles. The Morgan fingerprint density at radius 1 is 0.312 bits per heavy atom. The third-order valence-electron chi connectivity index (χ3n) is 9.25. The Morgan fingerprint density at radius 2 is 0.896 bits per heavy atom. The molecule has 9 aromatic rings. The molecule has 48 heavy (non-hydrogen) atoms. The van der Waals surface area contributed by atoms with Gasteiger partial charge in [0.2, 0.25) is 0 Å². The van der Waals surface area contributed by atoms with Crippen molar-refractivity contribution in [2.24, 2.45) is 0 Å². The Balaban J connectivity index is 1.17. The molecule has 0 unspecified atom stereocenters. The van der Waals surface area contributed by atoms with Gasteiger partial charge in [0.1, 0.15) is 11.2 Å². The lowest BCUT2D eigenvalue weighted by atomic mass is 9.97. The maximum atomic E-state index is 6.35. The fourth-order valence-electron chi connectivity index (χ4n) is 6.90. The van der Waals surface area contributed by atoms with Crippen LogP contribution in [0.15, 0.2) is 192 Å². The van der Waals surface area contributed by atoms with Crippen molar-refractivity contribution in [3.63, 3.8) is 0 Å². The summed E-state index contributed by atoms with van der Waals surface area (Å²) in [6.45, 7) is 0. The summed E-state index contributed by atoms with van der Waals surface area (Å²) in [5.41, 5.74) is 12.1. The van der Waals surface area contributed by atoms with E-state index < -0.39 is 0 Å². The third kappa shape index (κ3) is 5.01. The Labute approximate surface area is 279 Å². The molecule has 0 saturated carbocycles. The topological polar surface area (TPSA) is 16.4 Å². The second-order valence-electron chi connectivity index (χ2n) is 12.2. The van der Waals surface area contributed by atoms with Crippen LogP contribution in [0.1, 0.15) is 0 Å². The van der Waals surface area contributed by atoms with E-state index in [-0.39, 0.29) is 0 Å². The average Bonchev–Trinajstić information content (AvgIpc) is 3.53. The van der Waals surface area contributed by atoms with E-state index in [0.717, 1.165) is 39.0 Å². The molecular weight excluding hydrogens is 583 g/mol. The van der Waals surface area contributed by atoms with Crippen LogP contribution in [0.3, 0.4) is 0 Å². The third-order valence-corrected chi connectivity index (χ3v) is 9.25. The molecule has 0 bridgehead atoms. The molecule has 1 aromatic heterocycles. The van der Waals surface area contributed by atoms with Crippen molar-refractivity contribution in [1.29, 1.82) is 0 Å². The minimum atomic E-state index is 0.873. The first-order chi connectivity index (χ1) is 23.8. The van der Waals surface area contributed by atoms with Gasteiger partial charge in [0, 0.05) is 33.9 Å². The standard InChI is InChI=1S/C46H31NO/c1-2-11-32(12-3-1)35-15-8-16-36(29-35)33-23-25-38(26-24-33)47(40-27-28-44-43-20-6-7-22-45(43)48-46(44)31-40)39-18-9-17-37(30-39)42-21-10-14-34-13-4-5-19-41(34)42/h1-31H. The van der Waals surface area contributed by atoms with Gasteiger partial charge < -0.3 is 9.32 Å². The van der Waals surface area contributed by atoms with Gasteiger partial charge in [-0.1, -0.05) is 133 Å². The predicted molar refractivity (Wildman–Crippen MR) is 202 cm³/mol. The molecule has 0 aliphatic carbocycles. The fourth-order valence-corrected chi connectivity index (χ4v) is 6.90. The van der Waals surface area contributed by atoms with Crippen molar-refractivity contribution >= 4 is 49.8 Å². The highest BCUT2D eigenvalue weighted by Crippen LogP contribution is 2.41. The molecule has 0 aliphatic heterocycles. The van der Waals surface area contributed by atoms with Crippen LogP contribution in [0.5, 0.6) is 0 Å². The van der Waals surface area contributed by atoms with Gasteiger partial charge in [0.25, 0.3) is 0 Å². The molecule has 0 atom stereocenters. The Morgan fingerprint density at radius 3 is 1.75 bits per heavy atom. The highest BCUT2D eigenvalue weighted by Gasteiger charge is 2.17. The van der Waals surface area contributed by atoms with Crippen LogP contribution in [0.4, 0.5) is 17.1 Å². The van der Waals surface area contributed by atoms with Gasteiger partial charge in [-0.05, 0) is 92.7 Å². The Hall–Kier alpha value is -6.38. The molecule has 0 saturated heterocycles. The van der Waals surface area contributed by atoms with Crippen molar-refractivity contribution in [3.05, 3.63) is 188 Å².